The summed E-state index contributed by atoms with van der Waals surface area (Å²) in [6, 6.07) is 7.92. The summed E-state index contributed by atoms with van der Waals surface area (Å²) in [5.74, 6) is 0. The average molecular weight is 388 g/mol. The summed E-state index contributed by atoms with van der Waals surface area (Å²) >= 11 is 4.83. The zero-order chi connectivity index (χ0) is 8.27. The Kier molecular flexibility index (Phi) is 4.36. The second kappa shape index (κ2) is 4.81. The molecular weight excluding hydrogens is 378 g/mol. The van der Waals surface area contributed by atoms with Crippen LogP contribution in [0.2, 0.25) is 6.04 Å². The Morgan fingerprint density at radius 1 is 1.27 bits per heavy atom. The fraction of sp³-hybridized carbons (Fsp3) is 0.250. The van der Waals surface area contributed by atoms with Crippen LogP contribution in [0.4, 0.5) is 0 Å². The van der Waals surface area contributed by atoms with E-state index >= 15 is 0 Å². The van der Waals surface area contributed by atoms with Gasteiger partial charge in [0.15, 0.2) is 0 Å². The van der Waals surface area contributed by atoms with Crippen LogP contribution in [-0.4, -0.2) is 10.2 Å². The van der Waals surface area contributed by atoms with Gasteiger partial charge in [-0.15, -0.1) is 0 Å². The zero-order valence-corrected chi connectivity index (χ0v) is 12.7. The minimum absolute atomic E-state index is 1.27. The molecule has 0 saturated heterocycles. The number of aryl methyl sites for hydroxylation is 1. The predicted octanol–water partition coefficient (Wildman–Crippen LogP) is 2.22. The van der Waals surface area contributed by atoms with E-state index in [9.17, 15) is 0 Å². The van der Waals surface area contributed by atoms with Crippen LogP contribution in [0.15, 0.2) is 18.2 Å². The highest BCUT2D eigenvalue weighted by Crippen LogP contribution is 2.19. The highest BCUT2D eigenvalue weighted by Gasteiger charge is 2.00. The van der Waals surface area contributed by atoms with Crippen LogP contribution in [0.5, 0.6) is 0 Å². The van der Waals surface area contributed by atoms with E-state index in [2.05, 4.69) is 63.4 Å². The van der Waals surface area contributed by atoms with Gasteiger partial charge in [-0.3, -0.25) is 0 Å². The lowest BCUT2D eigenvalue weighted by atomic mass is 10.2. The molecule has 11 heavy (non-hydrogen) atoms. The summed E-state index contributed by atoms with van der Waals surface area (Å²) in [5.41, 5.74) is 1.52. The molecule has 0 atom stereocenters. The van der Waals surface area contributed by atoms with Crippen molar-refractivity contribution in [1.82, 2.24) is 0 Å². The molecular formula is C8H10I2Si. The van der Waals surface area contributed by atoms with Gasteiger partial charge in [-0.2, -0.15) is 0 Å². The Morgan fingerprint density at radius 2 is 2.00 bits per heavy atom. The quantitative estimate of drug-likeness (QED) is 0.539. The summed E-state index contributed by atoms with van der Waals surface area (Å²) in [6.45, 7) is 0. The Hall–Kier alpha value is 0.897. The second-order valence-electron chi connectivity index (χ2n) is 2.46. The van der Waals surface area contributed by atoms with Gasteiger partial charge in [0.2, 0.25) is 0 Å². The topological polar surface area (TPSA) is 0 Å². The van der Waals surface area contributed by atoms with Gasteiger partial charge in [0, 0.05) is 17.4 Å². The largest absolute Gasteiger partial charge is 0.0618 e. The highest BCUT2D eigenvalue weighted by atomic mass is 127. The molecule has 60 valence electrons. The molecule has 0 aromatic heterocycles. The summed E-state index contributed by atoms with van der Waals surface area (Å²) in [4.78, 5) is 0. The Labute approximate surface area is 97.9 Å². The maximum Gasteiger partial charge on any atom is 0.0295 e. The number of hydrogen-bond donors (Lipinski definition) is 0. The predicted molar refractivity (Wildman–Crippen MR) is 70.3 cm³/mol. The van der Waals surface area contributed by atoms with E-state index < -0.39 is 0 Å². The SMILES string of the molecule is [SiH3]CCc1cccc(I)c1I. The minimum Gasteiger partial charge on any atom is -0.0618 e. The highest BCUT2D eigenvalue weighted by molar-refractivity contribution is 14.1. The lowest BCUT2D eigenvalue weighted by Gasteiger charge is -2.03. The van der Waals surface area contributed by atoms with E-state index in [0.717, 1.165) is 0 Å². The van der Waals surface area contributed by atoms with Crippen molar-refractivity contribution < 1.29 is 0 Å². The van der Waals surface area contributed by atoms with Crippen LogP contribution in [-0.2, 0) is 6.42 Å². The van der Waals surface area contributed by atoms with Crippen molar-refractivity contribution in [2.45, 2.75) is 12.5 Å². The van der Waals surface area contributed by atoms with E-state index in [1.165, 1.54) is 35.4 Å². The zero-order valence-electron chi connectivity index (χ0n) is 6.40. The first-order valence-corrected chi connectivity index (χ1v) is 7.25. The number of halogens is 2. The molecule has 0 bridgehead atoms. The molecule has 1 aromatic carbocycles. The van der Waals surface area contributed by atoms with Crippen LogP contribution in [0.3, 0.4) is 0 Å². The Morgan fingerprint density at radius 3 is 2.64 bits per heavy atom. The molecule has 0 spiro atoms. The van der Waals surface area contributed by atoms with Gasteiger partial charge in [0.25, 0.3) is 0 Å². The molecule has 0 aliphatic rings. The smallest absolute Gasteiger partial charge is 0.0295 e. The molecule has 0 aliphatic heterocycles. The third-order valence-electron chi connectivity index (χ3n) is 1.55. The maximum atomic E-state index is 2.44. The first-order valence-electron chi connectivity index (χ1n) is 3.68. The third kappa shape index (κ3) is 2.69. The average Bonchev–Trinajstić information content (AvgIpc) is 1.99. The van der Waals surface area contributed by atoms with Crippen molar-refractivity contribution in [3.05, 3.63) is 30.9 Å². The van der Waals surface area contributed by atoms with Gasteiger partial charge in [0.05, 0.1) is 0 Å². The number of benzene rings is 1. The Bertz CT molecular complexity index is 248. The van der Waals surface area contributed by atoms with Crippen LogP contribution < -0.4 is 0 Å². The molecule has 0 unspecified atom stereocenters. The number of hydrogen-bond acceptors (Lipinski definition) is 0. The van der Waals surface area contributed by atoms with E-state index in [4.69, 9.17) is 0 Å². The summed E-state index contributed by atoms with van der Waals surface area (Å²) in [7, 11) is 1.31. The van der Waals surface area contributed by atoms with Crippen LogP contribution in [0.1, 0.15) is 5.56 Å². The monoisotopic (exact) mass is 388 g/mol. The fourth-order valence-electron chi connectivity index (χ4n) is 1.01. The van der Waals surface area contributed by atoms with E-state index in [1.807, 2.05) is 0 Å². The van der Waals surface area contributed by atoms with Crippen molar-refractivity contribution >= 4 is 55.4 Å². The summed E-state index contributed by atoms with van der Waals surface area (Å²) < 4.78 is 2.83. The number of rotatable bonds is 2. The molecule has 0 amide bonds. The van der Waals surface area contributed by atoms with Crippen molar-refractivity contribution in [3.8, 4) is 0 Å². The summed E-state index contributed by atoms with van der Waals surface area (Å²) in [5, 5.41) is 0. The molecule has 0 radical (unpaired) electrons. The van der Waals surface area contributed by atoms with Gasteiger partial charge >= 0.3 is 0 Å². The maximum absolute atomic E-state index is 2.44. The van der Waals surface area contributed by atoms with Crippen molar-refractivity contribution in [1.29, 1.82) is 0 Å². The van der Waals surface area contributed by atoms with Gasteiger partial charge in [-0.25, -0.2) is 0 Å². The molecule has 3 heteroatoms. The van der Waals surface area contributed by atoms with Gasteiger partial charge in [0.1, 0.15) is 0 Å². The van der Waals surface area contributed by atoms with Crippen molar-refractivity contribution in [3.63, 3.8) is 0 Å². The van der Waals surface area contributed by atoms with E-state index in [0.29, 0.717) is 0 Å². The first kappa shape index (κ1) is 9.98. The van der Waals surface area contributed by atoms with Crippen LogP contribution >= 0.6 is 45.2 Å². The fourth-order valence-corrected chi connectivity index (χ4v) is 2.73. The minimum atomic E-state index is 1.27. The molecule has 1 rings (SSSR count). The molecule has 0 fully saturated rings. The Balaban J connectivity index is 2.96. The molecule has 1 aromatic rings. The second-order valence-corrected chi connectivity index (χ2v) is 5.70. The van der Waals surface area contributed by atoms with Crippen LogP contribution in [0, 0.1) is 7.14 Å². The summed E-state index contributed by atoms with van der Waals surface area (Å²) in [6.07, 6.45) is 1.27. The molecule has 0 N–H and O–H groups in total. The molecule has 0 aliphatic carbocycles. The lowest BCUT2D eigenvalue weighted by Crippen LogP contribution is -1.90. The van der Waals surface area contributed by atoms with Crippen molar-refractivity contribution in [2.24, 2.45) is 0 Å². The first-order chi connectivity index (χ1) is 5.25. The van der Waals surface area contributed by atoms with Crippen LogP contribution in [0.25, 0.3) is 0 Å². The normalized spacial score (nSPS) is 10.4. The standard InChI is InChI=1S/C8H10I2Si/c9-7-3-1-2-6(4-5-11)8(7)10/h1-3H,4-5H2,11H3. The van der Waals surface area contributed by atoms with E-state index in [-0.39, 0.29) is 0 Å². The van der Waals surface area contributed by atoms with Gasteiger partial charge < -0.3 is 0 Å². The lowest BCUT2D eigenvalue weighted by molar-refractivity contribution is 1.11. The van der Waals surface area contributed by atoms with Crippen molar-refractivity contribution in [2.75, 3.05) is 0 Å². The van der Waals surface area contributed by atoms with E-state index in [1.54, 1.807) is 0 Å². The third-order valence-corrected chi connectivity index (χ3v) is 5.26. The van der Waals surface area contributed by atoms with Gasteiger partial charge in [-0.05, 0) is 63.2 Å². The molecule has 0 saturated carbocycles. The van der Waals surface area contributed by atoms with Gasteiger partial charge in [-0.1, -0.05) is 18.2 Å². The molecule has 0 heterocycles. The molecule has 0 nitrogen and oxygen atoms in total.